The van der Waals surface area contributed by atoms with Gasteiger partial charge in [0.1, 0.15) is 0 Å². The van der Waals surface area contributed by atoms with E-state index in [1.807, 2.05) is 6.92 Å². The molecule has 9 atom stereocenters. The highest BCUT2D eigenvalue weighted by atomic mass is 16.3. The number of nitrogens with one attached hydrogen (secondary N) is 1. The number of aliphatic hydroxyl groups is 2. The second-order valence-electron chi connectivity index (χ2n) is 10.9. The third-order valence-electron chi connectivity index (χ3n) is 9.47. The Morgan fingerprint density at radius 3 is 2.71 bits per heavy atom. The first-order valence-electron chi connectivity index (χ1n) is 11.5. The normalized spacial score (nSPS) is 48.7. The third-order valence-corrected chi connectivity index (χ3v) is 9.47. The molecule has 0 radical (unpaired) electrons. The summed E-state index contributed by atoms with van der Waals surface area (Å²) in [4.78, 5) is 11.5. The molecule has 0 heterocycles. The van der Waals surface area contributed by atoms with Crippen LogP contribution < -0.4 is 5.32 Å². The smallest absolute Gasteiger partial charge is 0.216 e. The lowest BCUT2D eigenvalue weighted by molar-refractivity contribution is -0.119. The summed E-state index contributed by atoms with van der Waals surface area (Å²) >= 11 is 0. The fraction of sp³-hybridized carbons (Fsp3) is 0.875. The van der Waals surface area contributed by atoms with Crippen LogP contribution in [-0.4, -0.2) is 34.9 Å². The van der Waals surface area contributed by atoms with Crippen molar-refractivity contribution in [1.82, 2.24) is 5.32 Å². The molecule has 0 aromatic carbocycles. The molecule has 158 valence electrons. The van der Waals surface area contributed by atoms with Gasteiger partial charge in [-0.3, -0.25) is 4.79 Å². The molecule has 3 saturated carbocycles. The largest absolute Gasteiger partial charge is 0.393 e. The first-order chi connectivity index (χ1) is 13.2. The van der Waals surface area contributed by atoms with Crippen LogP contribution in [0.2, 0.25) is 0 Å². The minimum atomic E-state index is -0.333. The van der Waals surface area contributed by atoms with E-state index < -0.39 is 0 Å². The summed E-state index contributed by atoms with van der Waals surface area (Å²) in [5.41, 5.74) is 1.92. The van der Waals surface area contributed by atoms with Crippen LogP contribution in [0.1, 0.15) is 72.6 Å². The third kappa shape index (κ3) is 3.06. The zero-order valence-electron chi connectivity index (χ0n) is 18.1. The Hall–Kier alpha value is -0.870. The number of allylic oxidation sites excluding steroid dienone is 1. The molecule has 1 amide bonds. The van der Waals surface area contributed by atoms with Gasteiger partial charge in [0.05, 0.1) is 12.2 Å². The van der Waals surface area contributed by atoms with Crippen LogP contribution in [0.5, 0.6) is 0 Å². The molecule has 3 N–H and O–H groups in total. The van der Waals surface area contributed by atoms with Crippen molar-refractivity contribution in [1.29, 1.82) is 0 Å². The van der Waals surface area contributed by atoms with Crippen molar-refractivity contribution in [2.45, 2.75) is 84.8 Å². The van der Waals surface area contributed by atoms with Gasteiger partial charge in [-0.2, -0.15) is 0 Å². The Bertz CT molecular complexity index is 658. The Morgan fingerprint density at radius 2 is 2.04 bits per heavy atom. The molecule has 4 aliphatic carbocycles. The van der Waals surface area contributed by atoms with E-state index in [0.717, 1.165) is 32.1 Å². The molecule has 3 unspecified atom stereocenters. The molecular weight excluding hydrogens is 350 g/mol. The van der Waals surface area contributed by atoms with E-state index in [4.69, 9.17) is 0 Å². The minimum Gasteiger partial charge on any atom is -0.393 e. The summed E-state index contributed by atoms with van der Waals surface area (Å²) in [5, 5.41) is 23.9. The van der Waals surface area contributed by atoms with E-state index in [0.29, 0.717) is 30.2 Å². The maximum Gasteiger partial charge on any atom is 0.216 e. The molecule has 4 rings (SSSR count). The van der Waals surface area contributed by atoms with Crippen LogP contribution in [0.15, 0.2) is 11.6 Å². The van der Waals surface area contributed by atoms with Crippen LogP contribution in [0, 0.1) is 40.4 Å². The Kier molecular flexibility index (Phi) is 5.19. The Morgan fingerprint density at radius 1 is 1.29 bits per heavy atom. The van der Waals surface area contributed by atoms with Gasteiger partial charge in [0.2, 0.25) is 5.91 Å². The number of rotatable bonds is 3. The maximum absolute atomic E-state index is 11.5. The summed E-state index contributed by atoms with van der Waals surface area (Å²) in [6, 6.07) is 0. The average Bonchev–Trinajstić information content (AvgIpc) is 2.93. The van der Waals surface area contributed by atoms with Crippen molar-refractivity contribution in [3.05, 3.63) is 11.6 Å². The van der Waals surface area contributed by atoms with Gasteiger partial charge in [0.15, 0.2) is 0 Å². The molecule has 4 heteroatoms. The standard InChI is InChI=1S/C24H39NO3/c1-14(26)22-16(13-25-15(2)27)11-21-19-6-5-17-12-18(28)7-9-23(17,3)20(19)8-10-24(21,22)4/h5,14,16,18-22,26,28H,6-13H2,1-4H3,(H,25,27)/t14?,16?,18?,19-,20+,21+,22+,23+,24+/m1/s1. The monoisotopic (exact) mass is 389 g/mol. The van der Waals surface area contributed by atoms with E-state index in [1.165, 1.54) is 18.4 Å². The van der Waals surface area contributed by atoms with Crippen molar-refractivity contribution in [2.24, 2.45) is 40.4 Å². The van der Waals surface area contributed by atoms with Gasteiger partial charge in [0, 0.05) is 13.5 Å². The van der Waals surface area contributed by atoms with E-state index in [-0.39, 0.29) is 34.9 Å². The molecule has 0 aromatic rings. The van der Waals surface area contributed by atoms with Crippen LogP contribution >= 0.6 is 0 Å². The summed E-state index contributed by atoms with van der Waals surface area (Å²) in [6.07, 6.45) is 9.54. The molecule has 4 nitrogen and oxygen atoms in total. The first-order valence-corrected chi connectivity index (χ1v) is 11.5. The maximum atomic E-state index is 11.5. The lowest BCUT2D eigenvalue weighted by Crippen LogP contribution is -2.51. The quantitative estimate of drug-likeness (QED) is 0.645. The number of aliphatic hydroxyl groups excluding tert-OH is 2. The molecule has 3 fully saturated rings. The summed E-state index contributed by atoms with van der Waals surface area (Å²) < 4.78 is 0. The fourth-order valence-corrected chi connectivity index (χ4v) is 8.29. The van der Waals surface area contributed by atoms with Gasteiger partial charge in [-0.05, 0) is 92.3 Å². The summed E-state index contributed by atoms with van der Waals surface area (Å²) in [5.74, 6) is 2.64. The minimum absolute atomic E-state index is 0.0285. The van der Waals surface area contributed by atoms with Gasteiger partial charge in [-0.25, -0.2) is 0 Å². The van der Waals surface area contributed by atoms with Crippen molar-refractivity contribution >= 4 is 5.91 Å². The van der Waals surface area contributed by atoms with E-state index >= 15 is 0 Å². The van der Waals surface area contributed by atoms with E-state index in [9.17, 15) is 15.0 Å². The molecule has 0 bridgehead atoms. The zero-order valence-corrected chi connectivity index (χ0v) is 18.1. The van der Waals surface area contributed by atoms with Crippen LogP contribution in [0.4, 0.5) is 0 Å². The second-order valence-corrected chi connectivity index (χ2v) is 10.9. The van der Waals surface area contributed by atoms with Crippen molar-refractivity contribution in [3.8, 4) is 0 Å². The molecule has 0 aromatic heterocycles. The molecule has 0 aliphatic heterocycles. The lowest BCUT2D eigenvalue weighted by Gasteiger charge is -2.58. The molecule has 4 aliphatic rings. The molecule has 0 spiro atoms. The summed E-state index contributed by atoms with van der Waals surface area (Å²) in [6.45, 7) is 9.11. The lowest BCUT2D eigenvalue weighted by atomic mass is 9.47. The average molecular weight is 390 g/mol. The number of carbonyl (C=O) groups is 1. The van der Waals surface area contributed by atoms with Crippen LogP contribution in [0.25, 0.3) is 0 Å². The summed E-state index contributed by atoms with van der Waals surface area (Å²) in [7, 11) is 0. The fourth-order valence-electron chi connectivity index (χ4n) is 8.29. The van der Waals surface area contributed by atoms with Gasteiger partial charge in [0.25, 0.3) is 0 Å². The van der Waals surface area contributed by atoms with Crippen LogP contribution in [0.3, 0.4) is 0 Å². The van der Waals surface area contributed by atoms with Gasteiger partial charge < -0.3 is 15.5 Å². The number of hydrogen-bond acceptors (Lipinski definition) is 3. The second kappa shape index (κ2) is 7.12. The molecular formula is C24H39NO3. The van der Waals surface area contributed by atoms with Crippen LogP contribution in [-0.2, 0) is 4.79 Å². The SMILES string of the molecule is CC(=O)NCC1C[C@H]2[C@@H]3CC=C4CC(O)CC[C@]4(C)[C@H]3CC[C@]2(C)[C@H]1C(C)O. The Labute approximate surface area is 170 Å². The van der Waals surface area contributed by atoms with Crippen molar-refractivity contribution in [3.63, 3.8) is 0 Å². The predicted molar refractivity (Wildman–Crippen MR) is 110 cm³/mol. The van der Waals surface area contributed by atoms with Gasteiger partial charge >= 0.3 is 0 Å². The highest BCUT2D eigenvalue weighted by Gasteiger charge is 2.61. The van der Waals surface area contributed by atoms with E-state index in [2.05, 4.69) is 25.2 Å². The van der Waals surface area contributed by atoms with Crippen molar-refractivity contribution < 1.29 is 15.0 Å². The number of amides is 1. The molecule has 0 saturated heterocycles. The van der Waals surface area contributed by atoms with E-state index in [1.54, 1.807) is 6.92 Å². The van der Waals surface area contributed by atoms with Gasteiger partial charge in [-0.1, -0.05) is 25.5 Å². The first kappa shape index (κ1) is 20.4. The molecule has 28 heavy (non-hydrogen) atoms. The van der Waals surface area contributed by atoms with Crippen molar-refractivity contribution in [2.75, 3.05) is 6.54 Å². The number of fused-ring (bicyclic) bond motifs is 5. The topological polar surface area (TPSA) is 69.6 Å². The predicted octanol–water partition coefficient (Wildman–Crippen LogP) is 3.67. The van der Waals surface area contributed by atoms with Gasteiger partial charge in [-0.15, -0.1) is 0 Å². The zero-order chi connectivity index (χ0) is 20.3. The number of hydrogen-bond donors (Lipinski definition) is 3. The number of carbonyl (C=O) groups excluding carboxylic acids is 1. The highest BCUT2D eigenvalue weighted by Crippen LogP contribution is 2.67. The Balaban J connectivity index is 1.63. The highest BCUT2D eigenvalue weighted by molar-refractivity contribution is 5.72.